The fourth-order valence-corrected chi connectivity index (χ4v) is 2.15. The van der Waals surface area contributed by atoms with Crippen LogP contribution in [0.1, 0.15) is 20.7 Å². The van der Waals surface area contributed by atoms with E-state index >= 15 is 0 Å². The van der Waals surface area contributed by atoms with E-state index in [-0.39, 0.29) is 26.3 Å². The van der Waals surface area contributed by atoms with Gasteiger partial charge in [-0.3, -0.25) is 19.7 Å². The first-order valence-electron chi connectivity index (χ1n) is 4.03. The first-order valence-corrected chi connectivity index (χ1v) is 5.65. The molecule has 0 radical (unpaired) electrons. The minimum atomic E-state index is -0.657. The zero-order valence-corrected chi connectivity index (χ0v) is 10.7. The highest BCUT2D eigenvalue weighted by Crippen LogP contribution is 2.27. The van der Waals surface area contributed by atoms with E-state index in [1.165, 1.54) is 12.1 Å². The second-order valence-electron chi connectivity index (χ2n) is 2.83. The lowest BCUT2D eigenvalue weighted by Crippen LogP contribution is -2.07. The summed E-state index contributed by atoms with van der Waals surface area (Å²) in [7, 11) is 0. The van der Waals surface area contributed by atoms with Crippen LogP contribution in [0, 0.1) is 13.7 Å². The van der Waals surface area contributed by atoms with Crippen molar-refractivity contribution in [1.29, 1.82) is 0 Å². The first-order chi connectivity index (χ1) is 7.51. The summed E-state index contributed by atoms with van der Waals surface area (Å²) in [6.45, 7) is 0. The molecule has 0 spiro atoms. The van der Waals surface area contributed by atoms with Gasteiger partial charge in [0, 0.05) is 5.56 Å². The van der Waals surface area contributed by atoms with Crippen LogP contribution in [0.4, 0.5) is 5.69 Å². The standard InChI is InChI=1S/C9H5ClINO4/c10-3-8(14)6-1-5(4-13)2-7(11)9(6)12(15)16/h1-2,4H,3H2. The number of halogens is 2. The van der Waals surface area contributed by atoms with Gasteiger partial charge < -0.3 is 0 Å². The second-order valence-corrected chi connectivity index (χ2v) is 4.26. The number of aldehydes is 1. The Morgan fingerprint density at radius 3 is 2.62 bits per heavy atom. The van der Waals surface area contributed by atoms with E-state index in [0.717, 1.165) is 0 Å². The van der Waals surface area contributed by atoms with Crippen LogP contribution in [0.2, 0.25) is 0 Å². The normalized spacial score (nSPS) is 9.88. The Hall–Kier alpha value is -1.02. The molecule has 0 aliphatic heterocycles. The average Bonchev–Trinajstić information content (AvgIpc) is 2.26. The lowest BCUT2D eigenvalue weighted by atomic mass is 10.1. The second kappa shape index (κ2) is 5.35. The Kier molecular flexibility index (Phi) is 4.36. The Bertz CT molecular complexity index is 475. The fourth-order valence-electron chi connectivity index (χ4n) is 1.16. The Morgan fingerprint density at radius 2 is 2.19 bits per heavy atom. The molecule has 0 aliphatic rings. The van der Waals surface area contributed by atoms with Gasteiger partial charge in [-0.2, -0.15) is 0 Å². The van der Waals surface area contributed by atoms with Crippen molar-refractivity contribution in [2.75, 3.05) is 5.88 Å². The number of carbonyl (C=O) groups is 2. The maximum atomic E-state index is 11.4. The minimum absolute atomic E-state index is 0.131. The molecule has 16 heavy (non-hydrogen) atoms. The van der Waals surface area contributed by atoms with Gasteiger partial charge in [-0.15, -0.1) is 11.6 Å². The van der Waals surface area contributed by atoms with E-state index in [1.54, 1.807) is 22.6 Å². The molecule has 0 bridgehead atoms. The highest BCUT2D eigenvalue weighted by atomic mass is 127. The molecule has 1 aromatic carbocycles. The summed E-state index contributed by atoms with van der Waals surface area (Å²) >= 11 is 7.05. The molecule has 0 atom stereocenters. The van der Waals surface area contributed by atoms with Gasteiger partial charge in [0.25, 0.3) is 5.69 Å². The molecule has 0 N–H and O–H groups in total. The van der Waals surface area contributed by atoms with Crippen molar-refractivity contribution in [1.82, 2.24) is 0 Å². The lowest BCUT2D eigenvalue weighted by molar-refractivity contribution is -0.386. The molecule has 5 nitrogen and oxygen atoms in total. The number of carbonyl (C=O) groups excluding carboxylic acids is 2. The number of ketones is 1. The van der Waals surface area contributed by atoms with Crippen LogP contribution < -0.4 is 0 Å². The topological polar surface area (TPSA) is 77.3 Å². The monoisotopic (exact) mass is 353 g/mol. The number of nitrogens with zero attached hydrogens (tertiary/aromatic N) is 1. The van der Waals surface area contributed by atoms with E-state index in [4.69, 9.17) is 11.6 Å². The number of hydrogen-bond acceptors (Lipinski definition) is 4. The molecular weight excluding hydrogens is 348 g/mol. The summed E-state index contributed by atoms with van der Waals surface area (Å²) in [5.41, 5.74) is -0.227. The van der Waals surface area contributed by atoms with Gasteiger partial charge in [0.15, 0.2) is 5.78 Å². The van der Waals surface area contributed by atoms with Crippen LogP contribution in [0.25, 0.3) is 0 Å². The molecule has 0 aliphatic carbocycles. The van der Waals surface area contributed by atoms with E-state index in [2.05, 4.69) is 0 Å². The van der Waals surface area contributed by atoms with Crippen LogP contribution in [0.3, 0.4) is 0 Å². The number of hydrogen-bond donors (Lipinski definition) is 0. The summed E-state index contributed by atoms with van der Waals surface area (Å²) in [5, 5.41) is 10.8. The zero-order chi connectivity index (χ0) is 12.3. The van der Waals surface area contributed by atoms with E-state index in [1.807, 2.05) is 0 Å². The van der Waals surface area contributed by atoms with Gasteiger partial charge in [-0.1, -0.05) is 0 Å². The van der Waals surface area contributed by atoms with Gasteiger partial charge in [-0.25, -0.2) is 0 Å². The van der Waals surface area contributed by atoms with Gasteiger partial charge in [0.05, 0.1) is 19.9 Å². The number of alkyl halides is 1. The maximum absolute atomic E-state index is 11.4. The summed E-state index contributed by atoms with van der Waals surface area (Å²) < 4.78 is 0.237. The van der Waals surface area contributed by atoms with Gasteiger partial charge >= 0.3 is 0 Å². The average molecular weight is 353 g/mol. The number of benzene rings is 1. The third-order valence-corrected chi connectivity index (χ3v) is 2.89. The van der Waals surface area contributed by atoms with Crippen molar-refractivity contribution >= 4 is 51.9 Å². The SMILES string of the molecule is O=Cc1cc(I)c([N+](=O)[O-])c(C(=O)CCl)c1. The van der Waals surface area contributed by atoms with Gasteiger partial charge in [0.2, 0.25) is 0 Å². The van der Waals surface area contributed by atoms with Gasteiger partial charge in [-0.05, 0) is 34.7 Å². The van der Waals surface area contributed by atoms with Crippen molar-refractivity contribution in [3.63, 3.8) is 0 Å². The maximum Gasteiger partial charge on any atom is 0.293 e. The van der Waals surface area contributed by atoms with Crippen LogP contribution >= 0.6 is 34.2 Å². The van der Waals surface area contributed by atoms with E-state index < -0.39 is 10.7 Å². The molecule has 0 amide bonds. The highest BCUT2D eigenvalue weighted by Gasteiger charge is 2.23. The predicted octanol–water partition coefficient (Wildman–Crippen LogP) is 2.43. The van der Waals surface area contributed by atoms with Crippen LogP contribution in [-0.4, -0.2) is 22.9 Å². The highest BCUT2D eigenvalue weighted by molar-refractivity contribution is 14.1. The van der Waals surface area contributed by atoms with Crippen molar-refractivity contribution < 1.29 is 14.5 Å². The molecule has 0 fully saturated rings. The largest absolute Gasteiger partial charge is 0.298 e. The van der Waals surface area contributed by atoms with E-state index in [0.29, 0.717) is 6.29 Å². The van der Waals surface area contributed by atoms with Crippen LogP contribution in [-0.2, 0) is 0 Å². The third kappa shape index (κ3) is 2.56. The molecule has 0 saturated heterocycles. The minimum Gasteiger partial charge on any atom is -0.298 e. The molecule has 1 aromatic rings. The summed E-state index contributed by atoms with van der Waals surface area (Å²) in [4.78, 5) is 32.1. The summed E-state index contributed by atoms with van der Waals surface area (Å²) in [6, 6.07) is 2.52. The summed E-state index contributed by atoms with van der Waals surface area (Å²) in [6.07, 6.45) is 0.525. The number of Topliss-reactive ketones (excluding diaryl/α,β-unsaturated/α-hetero) is 1. The zero-order valence-electron chi connectivity index (χ0n) is 7.78. The Labute approximate surface area is 109 Å². The third-order valence-electron chi connectivity index (χ3n) is 1.83. The molecule has 84 valence electrons. The Morgan fingerprint density at radius 1 is 1.56 bits per heavy atom. The fraction of sp³-hybridized carbons (Fsp3) is 0.111. The molecule has 1 rings (SSSR count). The molecule has 0 saturated carbocycles. The lowest BCUT2D eigenvalue weighted by Gasteiger charge is -2.03. The molecule has 0 aromatic heterocycles. The molecular formula is C9H5ClINO4. The summed E-state index contributed by atoms with van der Waals surface area (Å²) in [5.74, 6) is -0.936. The van der Waals surface area contributed by atoms with Crippen LogP contribution in [0.5, 0.6) is 0 Å². The van der Waals surface area contributed by atoms with Crippen LogP contribution in [0.15, 0.2) is 12.1 Å². The number of rotatable bonds is 4. The van der Waals surface area contributed by atoms with Crippen molar-refractivity contribution in [3.05, 3.63) is 36.9 Å². The van der Waals surface area contributed by atoms with E-state index in [9.17, 15) is 19.7 Å². The van der Waals surface area contributed by atoms with Crippen molar-refractivity contribution in [2.45, 2.75) is 0 Å². The molecule has 7 heteroatoms. The predicted molar refractivity (Wildman–Crippen MR) is 66.3 cm³/mol. The first kappa shape index (κ1) is 13.0. The van der Waals surface area contributed by atoms with Crippen molar-refractivity contribution in [2.24, 2.45) is 0 Å². The number of nitro groups is 1. The number of nitro benzene ring substituents is 1. The smallest absolute Gasteiger partial charge is 0.293 e. The van der Waals surface area contributed by atoms with Gasteiger partial charge in [0.1, 0.15) is 6.29 Å². The molecule has 0 unspecified atom stereocenters. The quantitative estimate of drug-likeness (QED) is 0.208. The Balaban J connectivity index is 3.52. The van der Waals surface area contributed by atoms with Crippen molar-refractivity contribution in [3.8, 4) is 0 Å². The molecule has 0 heterocycles.